The third kappa shape index (κ3) is 2.92. The van der Waals surface area contributed by atoms with Crippen LogP contribution in [0.2, 0.25) is 0 Å². The van der Waals surface area contributed by atoms with Crippen molar-refractivity contribution in [1.82, 2.24) is 9.88 Å². The first kappa shape index (κ1) is 14.9. The monoisotopic (exact) mass is 298 g/mol. The molecule has 0 amide bonds. The van der Waals surface area contributed by atoms with Gasteiger partial charge in [0.05, 0.1) is 12.8 Å². The molecular formula is C18H22N2O2. The predicted octanol–water partition coefficient (Wildman–Crippen LogP) is 3.01. The number of benzene rings is 1. The second kappa shape index (κ2) is 6.36. The summed E-state index contributed by atoms with van der Waals surface area (Å²) in [6, 6.07) is 10.0. The summed E-state index contributed by atoms with van der Waals surface area (Å²) in [5.74, 6) is 1.73. The number of methoxy groups -OCH3 is 1. The van der Waals surface area contributed by atoms with Gasteiger partial charge in [0.2, 0.25) is 0 Å². The Labute approximate surface area is 131 Å². The van der Waals surface area contributed by atoms with E-state index in [4.69, 9.17) is 9.47 Å². The summed E-state index contributed by atoms with van der Waals surface area (Å²) < 4.78 is 11.7. The summed E-state index contributed by atoms with van der Waals surface area (Å²) in [6.07, 6.45) is 3.00. The Morgan fingerprint density at radius 3 is 2.64 bits per heavy atom. The molecule has 2 aromatic rings. The summed E-state index contributed by atoms with van der Waals surface area (Å²) in [6.45, 7) is 4.10. The summed E-state index contributed by atoms with van der Waals surface area (Å²) in [4.78, 5) is 6.68. The fourth-order valence-corrected chi connectivity index (χ4v) is 2.78. The molecule has 1 fully saturated rings. The molecule has 116 valence electrons. The van der Waals surface area contributed by atoms with Crippen LogP contribution in [0.15, 0.2) is 36.5 Å². The molecule has 0 bridgehead atoms. The number of ether oxygens (including phenoxy) is 2. The van der Waals surface area contributed by atoms with E-state index in [1.54, 1.807) is 13.3 Å². The van der Waals surface area contributed by atoms with Crippen molar-refractivity contribution in [2.24, 2.45) is 0 Å². The topological polar surface area (TPSA) is 34.6 Å². The first-order valence-electron chi connectivity index (χ1n) is 7.68. The van der Waals surface area contributed by atoms with Crippen molar-refractivity contribution in [2.75, 3.05) is 27.2 Å². The minimum Gasteiger partial charge on any atom is -0.496 e. The SMILES string of the molecule is CCc1cc(-c2ccccn2)c(OC)cc1OC1CN(C)C1. The molecule has 3 rings (SSSR count). The molecule has 2 heterocycles. The van der Waals surface area contributed by atoms with E-state index in [-0.39, 0.29) is 6.10 Å². The molecule has 0 aliphatic carbocycles. The lowest BCUT2D eigenvalue weighted by Crippen LogP contribution is -2.51. The number of aromatic nitrogens is 1. The average Bonchev–Trinajstić information content (AvgIpc) is 2.53. The van der Waals surface area contributed by atoms with Crippen molar-refractivity contribution in [1.29, 1.82) is 0 Å². The quantitative estimate of drug-likeness (QED) is 0.850. The third-order valence-electron chi connectivity index (χ3n) is 4.03. The molecule has 22 heavy (non-hydrogen) atoms. The van der Waals surface area contributed by atoms with Crippen LogP contribution in [0.4, 0.5) is 0 Å². The van der Waals surface area contributed by atoms with Crippen LogP contribution in [0.5, 0.6) is 11.5 Å². The second-order valence-electron chi connectivity index (χ2n) is 5.69. The van der Waals surface area contributed by atoms with Gasteiger partial charge in [-0.25, -0.2) is 0 Å². The van der Waals surface area contributed by atoms with E-state index in [9.17, 15) is 0 Å². The number of likely N-dealkylation sites (tertiary alicyclic amines) is 1. The molecule has 0 saturated carbocycles. The van der Waals surface area contributed by atoms with Gasteiger partial charge in [0.25, 0.3) is 0 Å². The minimum atomic E-state index is 0.278. The lowest BCUT2D eigenvalue weighted by atomic mass is 10.0. The number of hydrogen-bond donors (Lipinski definition) is 0. The van der Waals surface area contributed by atoms with Gasteiger partial charge in [-0.1, -0.05) is 13.0 Å². The van der Waals surface area contributed by atoms with E-state index in [0.29, 0.717) is 0 Å². The van der Waals surface area contributed by atoms with Crippen LogP contribution in [-0.2, 0) is 6.42 Å². The molecule has 0 unspecified atom stereocenters. The molecule has 0 N–H and O–H groups in total. The summed E-state index contributed by atoms with van der Waals surface area (Å²) in [7, 11) is 3.79. The summed E-state index contributed by atoms with van der Waals surface area (Å²) >= 11 is 0. The molecule has 1 saturated heterocycles. The van der Waals surface area contributed by atoms with Crippen LogP contribution in [-0.4, -0.2) is 43.2 Å². The average molecular weight is 298 g/mol. The molecular weight excluding hydrogens is 276 g/mol. The van der Waals surface area contributed by atoms with Crippen LogP contribution in [0, 0.1) is 0 Å². The normalized spacial score (nSPS) is 15.4. The van der Waals surface area contributed by atoms with Crippen molar-refractivity contribution in [3.63, 3.8) is 0 Å². The summed E-state index contributed by atoms with van der Waals surface area (Å²) in [5.41, 5.74) is 3.12. The lowest BCUT2D eigenvalue weighted by Gasteiger charge is -2.36. The number of pyridine rings is 1. The molecule has 0 radical (unpaired) electrons. The van der Waals surface area contributed by atoms with Gasteiger partial charge in [0.15, 0.2) is 0 Å². The predicted molar refractivity (Wildman–Crippen MR) is 87.5 cm³/mol. The molecule has 4 nitrogen and oxygen atoms in total. The minimum absolute atomic E-state index is 0.278. The maximum atomic E-state index is 6.13. The van der Waals surface area contributed by atoms with Gasteiger partial charge in [-0.2, -0.15) is 0 Å². The van der Waals surface area contributed by atoms with Gasteiger partial charge >= 0.3 is 0 Å². The lowest BCUT2D eigenvalue weighted by molar-refractivity contribution is 0.0380. The highest BCUT2D eigenvalue weighted by Crippen LogP contribution is 2.36. The van der Waals surface area contributed by atoms with Crippen LogP contribution < -0.4 is 9.47 Å². The highest BCUT2D eigenvalue weighted by Gasteiger charge is 2.26. The highest BCUT2D eigenvalue weighted by molar-refractivity contribution is 5.70. The summed E-state index contributed by atoms with van der Waals surface area (Å²) in [5, 5.41) is 0. The Kier molecular flexibility index (Phi) is 4.29. The molecule has 1 aliphatic heterocycles. The molecule has 1 aromatic heterocycles. The smallest absolute Gasteiger partial charge is 0.131 e. The zero-order valence-corrected chi connectivity index (χ0v) is 13.4. The fraction of sp³-hybridized carbons (Fsp3) is 0.389. The maximum Gasteiger partial charge on any atom is 0.131 e. The van der Waals surface area contributed by atoms with Gasteiger partial charge in [0.1, 0.15) is 17.6 Å². The van der Waals surface area contributed by atoms with Crippen molar-refractivity contribution >= 4 is 0 Å². The number of aryl methyl sites for hydroxylation is 1. The molecule has 4 heteroatoms. The number of hydrogen-bond acceptors (Lipinski definition) is 4. The zero-order valence-electron chi connectivity index (χ0n) is 13.4. The van der Waals surface area contributed by atoms with Crippen molar-refractivity contribution < 1.29 is 9.47 Å². The molecule has 1 aliphatic rings. The van der Waals surface area contributed by atoms with Gasteiger partial charge in [-0.05, 0) is 37.2 Å². The number of nitrogens with zero attached hydrogens (tertiary/aromatic N) is 2. The van der Waals surface area contributed by atoms with E-state index in [1.165, 1.54) is 5.56 Å². The maximum absolute atomic E-state index is 6.13. The first-order valence-corrected chi connectivity index (χ1v) is 7.68. The van der Waals surface area contributed by atoms with Crippen molar-refractivity contribution in [2.45, 2.75) is 19.4 Å². The Morgan fingerprint density at radius 1 is 1.23 bits per heavy atom. The van der Waals surface area contributed by atoms with Crippen molar-refractivity contribution in [3.8, 4) is 22.8 Å². The Hall–Kier alpha value is -2.07. The van der Waals surface area contributed by atoms with E-state index in [1.807, 2.05) is 24.3 Å². The molecule has 1 aromatic carbocycles. The number of likely N-dealkylation sites (N-methyl/N-ethyl adjacent to an activating group) is 1. The molecule has 0 spiro atoms. The largest absolute Gasteiger partial charge is 0.496 e. The number of rotatable bonds is 5. The Bertz CT molecular complexity index is 637. The van der Waals surface area contributed by atoms with Crippen LogP contribution in [0.3, 0.4) is 0 Å². The molecule has 0 atom stereocenters. The second-order valence-corrected chi connectivity index (χ2v) is 5.69. The van der Waals surface area contributed by atoms with E-state index >= 15 is 0 Å². The Morgan fingerprint density at radius 2 is 2.05 bits per heavy atom. The van der Waals surface area contributed by atoms with Gasteiger partial charge in [-0.3, -0.25) is 9.88 Å². The van der Waals surface area contributed by atoms with Gasteiger partial charge in [-0.15, -0.1) is 0 Å². The Balaban J connectivity index is 1.95. The van der Waals surface area contributed by atoms with E-state index in [0.717, 1.165) is 42.3 Å². The third-order valence-corrected chi connectivity index (χ3v) is 4.03. The van der Waals surface area contributed by atoms with Crippen molar-refractivity contribution in [3.05, 3.63) is 42.1 Å². The standard InChI is InChI=1S/C18H22N2O2/c1-4-13-9-15(16-7-5-6-8-19-16)18(21-3)10-17(13)22-14-11-20(2)12-14/h5-10,14H,4,11-12H2,1-3H3. The van der Waals surface area contributed by atoms with Crippen LogP contribution in [0.25, 0.3) is 11.3 Å². The zero-order chi connectivity index (χ0) is 15.5. The first-order chi connectivity index (χ1) is 10.7. The van der Waals surface area contributed by atoms with Crippen LogP contribution in [0.1, 0.15) is 12.5 Å². The van der Waals surface area contributed by atoms with Gasteiger partial charge < -0.3 is 9.47 Å². The van der Waals surface area contributed by atoms with Gasteiger partial charge in [0, 0.05) is 30.9 Å². The fourth-order valence-electron chi connectivity index (χ4n) is 2.78. The van der Waals surface area contributed by atoms with E-state index < -0.39 is 0 Å². The van der Waals surface area contributed by atoms with Crippen LogP contribution >= 0.6 is 0 Å². The van der Waals surface area contributed by atoms with E-state index in [2.05, 4.69) is 29.9 Å². The highest BCUT2D eigenvalue weighted by atomic mass is 16.5.